The average Bonchev–Trinajstić information content (AvgIpc) is 2.77. The Morgan fingerprint density at radius 1 is 1.35 bits per heavy atom. The topological polar surface area (TPSA) is 38.0 Å². The summed E-state index contributed by atoms with van der Waals surface area (Å²) in [5, 5.41) is 10.9. The minimum absolute atomic E-state index is 0.373. The Balaban J connectivity index is 2.50. The van der Waals surface area contributed by atoms with E-state index in [0.29, 0.717) is 18.1 Å². The van der Waals surface area contributed by atoms with E-state index >= 15 is 0 Å². The number of halogens is 1. The molecular formula is C13H15ClN2O. The maximum Gasteiger partial charge on any atom is 0.148 e. The predicted octanol–water partition coefficient (Wildman–Crippen LogP) is 2.28. The number of aryl methyl sites for hydroxylation is 1. The molecule has 0 aliphatic carbocycles. The number of alkyl halides is 1. The summed E-state index contributed by atoms with van der Waals surface area (Å²) in [6, 6.07) is 9.50. The molecule has 1 atom stereocenters. The molecule has 3 nitrogen and oxygen atoms in total. The summed E-state index contributed by atoms with van der Waals surface area (Å²) in [6.07, 6.45) is 3.93. The molecule has 1 aromatic carbocycles. The molecule has 1 unspecified atom stereocenters. The van der Waals surface area contributed by atoms with Gasteiger partial charge >= 0.3 is 0 Å². The quantitative estimate of drug-likeness (QED) is 0.846. The summed E-state index contributed by atoms with van der Waals surface area (Å²) in [5.74, 6) is 0.988. The van der Waals surface area contributed by atoms with Crippen LogP contribution in [0.15, 0.2) is 42.7 Å². The molecule has 0 saturated carbocycles. The number of hydrogen-bond acceptors (Lipinski definition) is 2. The Morgan fingerprint density at radius 3 is 2.59 bits per heavy atom. The van der Waals surface area contributed by atoms with Crippen molar-refractivity contribution >= 4 is 11.6 Å². The normalized spacial score (nSPS) is 14.5. The van der Waals surface area contributed by atoms with Gasteiger partial charge in [0.1, 0.15) is 11.4 Å². The van der Waals surface area contributed by atoms with Gasteiger partial charge in [-0.3, -0.25) is 0 Å². The van der Waals surface area contributed by atoms with Gasteiger partial charge in [-0.05, 0) is 5.56 Å². The van der Waals surface area contributed by atoms with Gasteiger partial charge in [-0.15, -0.1) is 11.6 Å². The van der Waals surface area contributed by atoms with E-state index in [1.165, 1.54) is 0 Å². The van der Waals surface area contributed by atoms with Crippen molar-refractivity contribution < 1.29 is 5.11 Å². The molecule has 1 aromatic heterocycles. The van der Waals surface area contributed by atoms with Gasteiger partial charge in [0.2, 0.25) is 0 Å². The lowest BCUT2D eigenvalue weighted by Gasteiger charge is -2.27. The third-order valence-corrected chi connectivity index (χ3v) is 3.09. The minimum Gasteiger partial charge on any atom is -0.377 e. The lowest BCUT2D eigenvalue weighted by Crippen LogP contribution is -2.31. The summed E-state index contributed by atoms with van der Waals surface area (Å²) in [6.45, 7) is 0. The fourth-order valence-corrected chi connectivity index (χ4v) is 2.27. The molecule has 0 aliphatic heterocycles. The standard InChI is InChI=1S/C13H15ClN2O/c1-16-10-9-15-12(16)13(17,7-8-14)11-5-3-2-4-6-11/h2-6,9-10,17H,7-8H2,1H3. The molecule has 0 fully saturated rings. The summed E-state index contributed by atoms with van der Waals surface area (Å²) >= 11 is 5.81. The van der Waals surface area contributed by atoms with Crippen molar-refractivity contribution in [3.05, 3.63) is 54.1 Å². The monoisotopic (exact) mass is 250 g/mol. The van der Waals surface area contributed by atoms with Gasteiger partial charge in [-0.2, -0.15) is 0 Å². The predicted molar refractivity (Wildman–Crippen MR) is 68.0 cm³/mol. The maximum absolute atomic E-state index is 10.9. The molecule has 0 amide bonds. The van der Waals surface area contributed by atoms with Crippen molar-refractivity contribution in [3.8, 4) is 0 Å². The highest BCUT2D eigenvalue weighted by molar-refractivity contribution is 6.17. The van der Waals surface area contributed by atoms with Gasteiger partial charge < -0.3 is 9.67 Å². The smallest absolute Gasteiger partial charge is 0.148 e. The van der Waals surface area contributed by atoms with E-state index in [2.05, 4.69) is 4.98 Å². The molecular weight excluding hydrogens is 236 g/mol. The third kappa shape index (κ3) is 2.21. The number of nitrogens with zero attached hydrogens (tertiary/aromatic N) is 2. The first kappa shape index (κ1) is 12.1. The molecule has 4 heteroatoms. The average molecular weight is 251 g/mol. The minimum atomic E-state index is -1.12. The molecule has 0 radical (unpaired) electrons. The largest absolute Gasteiger partial charge is 0.377 e. The van der Waals surface area contributed by atoms with Crippen LogP contribution in [0.2, 0.25) is 0 Å². The van der Waals surface area contributed by atoms with Crippen LogP contribution in [-0.4, -0.2) is 20.5 Å². The van der Waals surface area contributed by atoms with Crippen molar-refractivity contribution in [2.24, 2.45) is 7.05 Å². The van der Waals surface area contributed by atoms with Gasteiger partial charge in [0.25, 0.3) is 0 Å². The fraction of sp³-hybridized carbons (Fsp3) is 0.308. The van der Waals surface area contributed by atoms with Crippen LogP contribution in [0, 0.1) is 0 Å². The van der Waals surface area contributed by atoms with Gasteiger partial charge in [0, 0.05) is 31.7 Å². The van der Waals surface area contributed by atoms with Crippen LogP contribution >= 0.6 is 11.6 Å². The zero-order valence-electron chi connectivity index (χ0n) is 9.68. The van der Waals surface area contributed by atoms with Crippen molar-refractivity contribution in [3.63, 3.8) is 0 Å². The van der Waals surface area contributed by atoms with Crippen LogP contribution in [0.1, 0.15) is 17.8 Å². The van der Waals surface area contributed by atoms with Crippen molar-refractivity contribution in [1.82, 2.24) is 9.55 Å². The summed E-state index contributed by atoms with van der Waals surface area (Å²) in [5.41, 5.74) is -0.309. The lowest BCUT2D eigenvalue weighted by molar-refractivity contribution is 0.0650. The fourth-order valence-electron chi connectivity index (χ4n) is 2.00. The number of rotatable bonds is 4. The number of aliphatic hydroxyl groups is 1. The first-order chi connectivity index (χ1) is 8.18. The Labute approximate surface area is 106 Å². The van der Waals surface area contributed by atoms with Crippen molar-refractivity contribution in [2.75, 3.05) is 5.88 Å². The van der Waals surface area contributed by atoms with Crippen LogP contribution < -0.4 is 0 Å². The molecule has 1 heterocycles. The number of aromatic nitrogens is 2. The highest BCUT2D eigenvalue weighted by atomic mass is 35.5. The number of benzene rings is 1. The molecule has 0 aliphatic rings. The van der Waals surface area contributed by atoms with Crippen LogP contribution in [0.4, 0.5) is 0 Å². The first-order valence-corrected chi connectivity index (χ1v) is 6.03. The van der Waals surface area contributed by atoms with Gasteiger partial charge in [-0.1, -0.05) is 30.3 Å². The van der Waals surface area contributed by atoms with Crippen LogP contribution in [0.5, 0.6) is 0 Å². The second-order valence-corrected chi connectivity index (χ2v) is 4.40. The molecule has 17 heavy (non-hydrogen) atoms. The zero-order chi connectivity index (χ0) is 12.3. The molecule has 0 saturated heterocycles. The van der Waals surface area contributed by atoms with E-state index in [9.17, 15) is 5.11 Å². The van der Waals surface area contributed by atoms with E-state index in [-0.39, 0.29) is 0 Å². The van der Waals surface area contributed by atoms with Crippen molar-refractivity contribution in [1.29, 1.82) is 0 Å². The number of imidazole rings is 1. The van der Waals surface area contributed by atoms with E-state index in [1.807, 2.05) is 48.1 Å². The molecule has 0 bridgehead atoms. The van der Waals surface area contributed by atoms with Gasteiger partial charge in [0.05, 0.1) is 0 Å². The molecule has 1 N–H and O–H groups in total. The molecule has 90 valence electrons. The van der Waals surface area contributed by atoms with Gasteiger partial charge in [0.15, 0.2) is 0 Å². The van der Waals surface area contributed by atoms with E-state index in [1.54, 1.807) is 6.20 Å². The van der Waals surface area contributed by atoms with Crippen LogP contribution in [0.25, 0.3) is 0 Å². The Bertz CT molecular complexity index is 483. The SMILES string of the molecule is Cn1ccnc1C(O)(CCCl)c1ccccc1. The highest BCUT2D eigenvalue weighted by Gasteiger charge is 2.34. The van der Waals surface area contributed by atoms with E-state index in [0.717, 1.165) is 5.56 Å². The Hall–Kier alpha value is -1.32. The second kappa shape index (κ2) is 4.90. The van der Waals surface area contributed by atoms with Gasteiger partial charge in [-0.25, -0.2) is 4.98 Å². The maximum atomic E-state index is 10.9. The third-order valence-electron chi connectivity index (χ3n) is 2.90. The van der Waals surface area contributed by atoms with Crippen LogP contribution in [0.3, 0.4) is 0 Å². The van der Waals surface area contributed by atoms with Crippen LogP contribution in [-0.2, 0) is 12.6 Å². The molecule has 0 spiro atoms. The molecule has 2 rings (SSSR count). The molecule has 2 aromatic rings. The number of hydrogen-bond donors (Lipinski definition) is 1. The van der Waals surface area contributed by atoms with E-state index in [4.69, 9.17) is 11.6 Å². The zero-order valence-corrected chi connectivity index (χ0v) is 10.4. The van der Waals surface area contributed by atoms with Crippen molar-refractivity contribution in [2.45, 2.75) is 12.0 Å². The summed E-state index contributed by atoms with van der Waals surface area (Å²) in [4.78, 5) is 4.24. The first-order valence-electron chi connectivity index (χ1n) is 5.50. The lowest BCUT2D eigenvalue weighted by atomic mass is 9.90. The van der Waals surface area contributed by atoms with E-state index < -0.39 is 5.60 Å². The highest BCUT2D eigenvalue weighted by Crippen LogP contribution is 2.31. The Kier molecular flexibility index (Phi) is 3.50. The second-order valence-electron chi connectivity index (χ2n) is 4.03. The summed E-state index contributed by atoms with van der Waals surface area (Å²) in [7, 11) is 1.87. The summed E-state index contributed by atoms with van der Waals surface area (Å²) < 4.78 is 1.82. The Morgan fingerprint density at radius 2 is 2.06 bits per heavy atom.